The summed E-state index contributed by atoms with van der Waals surface area (Å²) in [5, 5.41) is 88.0. The highest BCUT2D eigenvalue weighted by atomic mass is 16.5. The van der Waals surface area contributed by atoms with Gasteiger partial charge in [0.2, 0.25) is 0 Å². The molecule has 1 heterocycles. The summed E-state index contributed by atoms with van der Waals surface area (Å²) < 4.78 is 27.8. The van der Waals surface area contributed by atoms with E-state index in [1.54, 1.807) is 36.4 Å². The minimum Gasteiger partial charge on any atom is -0.504 e. The maximum atomic E-state index is 12.3. The van der Waals surface area contributed by atoms with Crippen LogP contribution in [-0.2, 0) is 16.8 Å². The van der Waals surface area contributed by atoms with Crippen molar-refractivity contribution in [2.24, 2.45) is 17.8 Å². The van der Waals surface area contributed by atoms with Crippen molar-refractivity contribution in [1.29, 1.82) is 0 Å². The van der Waals surface area contributed by atoms with Gasteiger partial charge in [-0.1, -0.05) is 6.07 Å². The molecule has 13 heteroatoms. The molecule has 0 aromatic heterocycles. The lowest BCUT2D eigenvalue weighted by Gasteiger charge is -2.39. The molecule has 6 rings (SSSR count). The van der Waals surface area contributed by atoms with E-state index in [1.165, 1.54) is 46.6 Å². The predicted molar refractivity (Wildman–Crippen MR) is 187 cm³/mol. The van der Waals surface area contributed by atoms with Crippen LogP contribution >= 0.6 is 0 Å². The third-order valence-corrected chi connectivity index (χ3v) is 10.7. The highest BCUT2D eigenvalue weighted by Gasteiger charge is 2.51. The van der Waals surface area contributed by atoms with Crippen molar-refractivity contribution in [3.05, 3.63) is 82.4 Å². The van der Waals surface area contributed by atoms with Crippen LogP contribution < -0.4 is 18.9 Å². The number of hydrogen-bond donors (Lipinski definition) is 8. The number of aliphatic hydroxyl groups is 4. The molecule has 0 spiro atoms. The van der Waals surface area contributed by atoms with Gasteiger partial charge in [0.1, 0.15) is 5.60 Å². The minimum absolute atomic E-state index is 0.0373. The standard InChI is InChI=1S/C39H44O13/c1-48-31-9-19(5-6-29(31)43)38-28(17-42)39(47,18-52-38)23-12-26(37(46)34(13-23)51-4)25-8-21(11-33(50-3)36(25)45)35-24-14-30(44)32(49-2)10-20(24)7-22(15-40)27(35)16-41/h5-6,8-14,22,27-28,35,38,40-47H,7,15-18H2,1-4H3/t22-,27-,28+,35-,38?,39-/m0/s1. The third kappa shape index (κ3) is 6.07. The van der Waals surface area contributed by atoms with E-state index in [2.05, 4.69) is 0 Å². The van der Waals surface area contributed by atoms with E-state index in [0.717, 1.165) is 5.56 Å². The first-order valence-electron chi connectivity index (χ1n) is 16.7. The van der Waals surface area contributed by atoms with Crippen LogP contribution in [0.15, 0.2) is 54.6 Å². The molecule has 0 amide bonds. The van der Waals surface area contributed by atoms with Crippen LogP contribution in [0.5, 0.6) is 46.0 Å². The summed E-state index contributed by atoms with van der Waals surface area (Å²) in [6.07, 6.45) is -0.405. The van der Waals surface area contributed by atoms with Crippen LogP contribution in [0, 0.1) is 17.8 Å². The Hall–Kier alpha value is -4.92. The van der Waals surface area contributed by atoms with E-state index in [4.69, 9.17) is 23.7 Å². The number of phenols is 4. The molecule has 0 bridgehead atoms. The van der Waals surface area contributed by atoms with E-state index in [1.807, 2.05) is 0 Å². The zero-order chi connectivity index (χ0) is 37.5. The normalized spacial score (nSPS) is 24.0. The quantitative estimate of drug-likeness (QED) is 0.111. The van der Waals surface area contributed by atoms with Gasteiger partial charge in [-0.3, -0.25) is 0 Å². The molecule has 8 N–H and O–H groups in total. The molecule has 13 nitrogen and oxygen atoms in total. The second-order valence-corrected chi connectivity index (χ2v) is 13.3. The number of methoxy groups -OCH3 is 4. The van der Waals surface area contributed by atoms with Crippen molar-refractivity contribution in [3.8, 4) is 57.1 Å². The zero-order valence-electron chi connectivity index (χ0n) is 29.2. The van der Waals surface area contributed by atoms with E-state index in [0.29, 0.717) is 23.1 Å². The number of aromatic hydroxyl groups is 4. The summed E-state index contributed by atoms with van der Waals surface area (Å²) >= 11 is 0. The molecule has 0 radical (unpaired) electrons. The molecule has 52 heavy (non-hydrogen) atoms. The second-order valence-electron chi connectivity index (χ2n) is 13.3. The van der Waals surface area contributed by atoms with Crippen molar-refractivity contribution < 1.29 is 64.5 Å². The first-order valence-corrected chi connectivity index (χ1v) is 16.7. The van der Waals surface area contributed by atoms with Crippen LogP contribution in [0.4, 0.5) is 0 Å². The molecule has 4 aromatic rings. The summed E-state index contributed by atoms with van der Waals surface area (Å²) in [7, 11) is 5.55. The fourth-order valence-corrected chi connectivity index (χ4v) is 7.90. The molecule has 6 atom stereocenters. The Bertz CT molecular complexity index is 1940. The molecular weight excluding hydrogens is 676 g/mol. The number of hydrogen-bond acceptors (Lipinski definition) is 13. The van der Waals surface area contributed by atoms with Gasteiger partial charge in [0, 0.05) is 36.2 Å². The van der Waals surface area contributed by atoms with Crippen LogP contribution in [-0.4, -0.2) is 95.7 Å². The predicted octanol–water partition coefficient (Wildman–Crippen LogP) is 3.68. The molecule has 1 unspecified atom stereocenters. The summed E-state index contributed by atoms with van der Waals surface area (Å²) in [4.78, 5) is 0. The van der Waals surface area contributed by atoms with Crippen LogP contribution in [0.2, 0.25) is 0 Å². The summed E-state index contributed by atoms with van der Waals surface area (Å²) in [6.45, 7) is -1.30. The molecule has 278 valence electrons. The second kappa shape index (κ2) is 14.6. The van der Waals surface area contributed by atoms with Crippen molar-refractivity contribution in [2.75, 3.05) is 54.9 Å². The molecule has 1 saturated heterocycles. The zero-order valence-corrected chi connectivity index (χ0v) is 29.2. The maximum absolute atomic E-state index is 12.3. The first kappa shape index (κ1) is 36.9. The Morgan fingerprint density at radius 3 is 1.90 bits per heavy atom. The number of fused-ring (bicyclic) bond motifs is 1. The fraction of sp³-hybridized carbons (Fsp3) is 0.385. The van der Waals surface area contributed by atoms with E-state index >= 15 is 0 Å². The molecule has 1 aliphatic heterocycles. The van der Waals surface area contributed by atoms with Gasteiger partial charge in [0.25, 0.3) is 0 Å². The van der Waals surface area contributed by atoms with Crippen molar-refractivity contribution in [1.82, 2.24) is 0 Å². The first-order chi connectivity index (χ1) is 25.0. The minimum atomic E-state index is -1.83. The van der Waals surface area contributed by atoms with Gasteiger partial charge >= 0.3 is 0 Å². The SMILES string of the molecule is COc1cc(C2OC[C@](O)(c3cc(OC)c(O)c(-c4cc([C@H]5c6cc(O)c(OC)cc6C[C@@H](CO)[C@@H]5CO)cc(OC)c4O)c3)[C@@H]2CO)ccc1O. The third-order valence-electron chi connectivity index (χ3n) is 10.7. The van der Waals surface area contributed by atoms with Gasteiger partial charge in [-0.05, 0) is 94.6 Å². The number of phenolic OH excluding ortho intramolecular Hbond substituents is 4. The Morgan fingerprint density at radius 2 is 1.29 bits per heavy atom. The monoisotopic (exact) mass is 720 g/mol. The van der Waals surface area contributed by atoms with Crippen molar-refractivity contribution in [3.63, 3.8) is 0 Å². The van der Waals surface area contributed by atoms with Gasteiger partial charge in [-0.15, -0.1) is 0 Å². The Kier molecular flexibility index (Phi) is 10.4. The van der Waals surface area contributed by atoms with E-state index < -0.39 is 36.1 Å². The Labute approximate surface area is 300 Å². The molecule has 4 aromatic carbocycles. The molecule has 1 aliphatic carbocycles. The summed E-state index contributed by atoms with van der Waals surface area (Å²) in [5.74, 6) is -2.87. The van der Waals surface area contributed by atoms with Gasteiger partial charge in [0.05, 0.1) is 47.8 Å². The molecule has 1 fully saturated rings. The van der Waals surface area contributed by atoms with Gasteiger partial charge in [-0.2, -0.15) is 0 Å². The molecular formula is C39H44O13. The number of ether oxygens (including phenoxy) is 5. The number of benzene rings is 4. The fourth-order valence-electron chi connectivity index (χ4n) is 7.90. The lowest BCUT2D eigenvalue weighted by Crippen LogP contribution is -2.37. The lowest BCUT2D eigenvalue weighted by atomic mass is 9.66. The topological polar surface area (TPSA) is 208 Å². The highest BCUT2D eigenvalue weighted by molar-refractivity contribution is 5.82. The molecule has 0 saturated carbocycles. The van der Waals surface area contributed by atoms with Crippen molar-refractivity contribution in [2.45, 2.75) is 24.0 Å². The molecule has 2 aliphatic rings. The van der Waals surface area contributed by atoms with Crippen LogP contribution in [0.25, 0.3) is 11.1 Å². The average Bonchev–Trinajstić information content (AvgIpc) is 3.51. The number of rotatable bonds is 11. The van der Waals surface area contributed by atoms with E-state index in [-0.39, 0.29) is 88.4 Å². The van der Waals surface area contributed by atoms with Gasteiger partial charge < -0.3 is 64.5 Å². The summed E-state index contributed by atoms with van der Waals surface area (Å²) in [6, 6.07) is 14.0. The maximum Gasteiger partial charge on any atom is 0.165 e. The number of aliphatic hydroxyl groups excluding tert-OH is 3. The largest absolute Gasteiger partial charge is 0.504 e. The van der Waals surface area contributed by atoms with Gasteiger partial charge in [0.15, 0.2) is 46.0 Å². The smallest absolute Gasteiger partial charge is 0.165 e. The summed E-state index contributed by atoms with van der Waals surface area (Å²) in [5.41, 5.74) is 1.08. The average molecular weight is 721 g/mol. The van der Waals surface area contributed by atoms with Crippen LogP contribution in [0.3, 0.4) is 0 Å². The lowest BCUT2D eigenvalue weighted by molar-refractivity contribution is -0.0205. The van der Waals surface area contributed by atoms with E-state index in [9.17, 15) is 40.9 Å². The van der Waals surface area contributed by atoms with Gasteiger partial charge in [-0.25, -0.2) is 0 Å². The van der Waals surface area contributed by atoms with Crippen LogP contribution in [0.1, 0.15) is 39.8 Å². The van der Waals surface area contributed by atoms with Crippen molar-refractivity contribution >= 4 is 0 Å². The highest BCUT2D eigenvalue weighted by Crippen LogP contribution is 2.54. The Morgan fingerprint density at radius 1 is 0.673 bits per heavy atom. The Balaban J connectivity index is 1.52.